The van der Waals surface area contributed by atoms with Crippen LogP contribution in [0.2, 0.25) is 0 Å². The topological polar surface area (TPSA) is 75.3 Å². The Morgan fingerprint density at radius 3 is 2.03 bits per heavy atom. The zero-order valence-corrected chi connectivity index (χ0v) is 19.2. The first-order valence-electron chi connectivity index (χ1n) is 9.81. The molecule has 3 aromatic rings. The zero-order valence-electron chi connectivity index (χ0n) is 17.6. The van der Waals surface area contributed by atoms with Gasteiger partial charge in [0.1, 0.15) is 0 Å². The van der Waals surface area contributed by atoms with Gasteiger partial charge in [0.2, 0.25) is 5.91 Å². The van der Waals surface area contributed by atoms with E-state index in [2.05, 4.69) is 26.6 Å². The van der Waals surface area contributed by atoms with E-state index in [0.717, 1.165) is 26.9 Å². The van der Waals surface area contributed by atoms with Gasteiger partial charge in [-0.2, -0.15) is 0 Å². The van der Waals surface area contributed by atoms with Crippen LogP contribution >= 0.6 is 15.9 Å². The van der Waals surface area contributed by atoms with Crippen LogP contribution in [-0.4, -0.2) is 24.1 Å². The molecule has 0 saturated carbocycles. The maximum Gasteiger partial charge on any atom is 0.252 e. The summed E-state index contributed by atoms with van der Waals surface area (Å²) in [5.41, 5.74) is 4.78. The molecule has 0 aliphatic carbocycles. The number of benzene rings is 3. The lowest BCUT2D eigenvalue weighted by atomic mass is 9.98. The van der Waals surface area contributed by atoms with Crippen molar-refractivity contribution in [1.82, 2.24) is 5.32 Å². The highest BCUT2D eigenvalue weighted by molar-refractivity contribution is 9.10. The number of nitrogens with one attached hydrogen (secondary N) is 2. The molecule has 0 unspecified atom stereocenters. The first-order valence-corrected chi connectivity index (χ1v) is 10.6. The van der Waals surface area contributed by atoms with E-state index in [0.29, 0.717) is 5.56 Å². The molecule has 0 heterocycles. The summed E-state index contributed by atoms with van der Waals surface area (Å²) in [7, 11) is 0. The van der Waals surface area contributed by atoms with E-state index in [1.54, 1.807) is 48.5 Å². The van der Waals surface area contributed by atoms with E-state index in [1.807, 2.05) is 32.9 Å². The van der Waals surface area contributed by atoms with E-state index in [9.17, 15) is 14.4 Å². The van der Waals surface area contributed by atoms with Gasteiger partial charge in [-0.15, -0.1) is 0 Å². The third-order valence-corrected chi connectivity index (χ3v) is 5.40. The van der Waals surface area contributed by atoms with E-state index >= 15 is 0 Å². The minimum atomic E-state index is -0.478. The smallest absolute Gasteiger partial charge is 0.252 e. The van der Waals surface area contributed by atoms with Crippen molar-refractivity contribution in [3.05, 3.63) is 98.5 Å². The van der Waals surface area contributed by atoms with Crippen molar-refractivity contribution in [1.29, 1.82) is 0 Å². The molecule has 0 aliphatic rings. The number of amides is 2. The van der Waals surface area contributed by atoms with Gasteiger partial charge in [0.15, 0.2) is 5.78 Å². The summed E-state index contributed by atoms with van der Waals surface area (Å²) in [5, 5.41) is 5.47. The van der Waals surface area contributed by atoms with Crippen molar-refractivity contribution in [3.63, 3.8) is 0 Å². The van der Waals surface area contributed by atoms with Crippen LogP contribution in [0.4, 0.5) is 5.69 Å². The predicted molar refractivity (Wildman–Crippen MR) is 126 cm³/mol. The highest BCUT2D eigenvalue weighted by Gasteiger charge is 2.19. The number of anilines is 1. The second-order valence-electron chi connectivity index (χ2n) is 7.39. The average Bonchev–Trinajstić information content (AvgIpc) is 2.74. The molecule has 0 atom stereocenters. The molecule has 0 spiro atoms. The molecular weight excluding hydrogens is 456 g/mol. The number of halogens is 1. The minimum Gasteiger partial charge on any atom is -0.343 e. The van der Waals surface area contributed by atoms with Gasteiger partial charge < -0.3 is 10.6 Å². The molecule has 0 bridgehead atoms. The third kappa shape index (κ3) is 5.47. The molecule has 0 aromatic heterocycles. The second-order valence-corrected chi connectivity index (χ2v) is 8.30. The number of hydrogen-bond donors (Lipinski definition) is 2. The van der Waals surface area contributed by atoms with Crippen LogP contribution in [0.3, 0.4) is 0 Å². The van der Waals surface area contributed by atoms with Gasteiger partial charge in [-0.3, -0.25) is 14.4 Å². The van der Waals surface area contributed by atoms with Gasteiger partial charge >= 0.3 is 0 Å². The lowest BCUT2D eigenvalue weighted by Gasteiger charge is -2.14. The molecule has 0 radical (unpaired) electrons. The van der Waals surface area contributed by atoms with Crippen molar-refractivity contribution >= 4 is 39.2 Å². The fourth-order valence-corrected chi connectivity index (χ4v) is 3.72. The van der Waals surface area contributed by atoms with Crippen LogP contribution in [0.25, 0.3) is 0 Å². The van der Waals surface area contributed by atoms with Gasteiger partial charge in [0.25, 0.3) is 5.91 Å². The molecule has 5 nitrogen and oxygen atoms in total. The maximum atomic E-state index is 12.9. The van der Waals surface area contributed by atoms with E-state index in [1.165, 1.54) is 0 Å². The molecule has 0 saturated heterocycles. The first kappa shape index (κ1) is 22.4. The van der Waals surface area contributed by atoms with Gasteiger partial charge in [-0.25, -0.2) is 0 Å². The third-order valence-electron chi connectivity index (χ3n) is 4.87. The number of ketones is 1. The van der Waals surface area contributed by atoms with Gasteiger partial charge in [0, 0.05) is 21.3 Å². The Labute approximate surface area is 190 Å². The van der Waals surface area contributed by atoms with Crippen LogP contribution < -0.4 is 10.6 Å². The Kier molecular flexibility index (Phi) is 7.02. The standard InChI is InChI=1S/C25H23BrN2O3/c1-15-12-16(2)23(17(3)13-15)28-22(29)14-27-25(31)21-7-5-4-6-20(21)24(30)18-8-10-19(26)11-9-18/h4-13H,14H2,1-3H3,(H,27,31)(H,28,29). The monoisotopic (exact) mass is 478 g/mol. The van der Waals surface area contributed by atoms with Crippen molar-refractivity contribution in [2.45, 2.75) is 20.8 Å². The lowest BCUT2D eigenvalue weighted by molar-refractivity contribution is -0.115. The number of carbonyl (C=O) groups excluding carboxylic acids is 3. The van der Waals surface area contributed by atoms with Crippen LogP contribution in [-0.2, 0) is 4.79 Å². The Morgan fingerprint density at radius 1 is 0.839 bits per heavy atom. The van der Waals surface area contributed by atoms with E-state index < -0.39 is 5.91 Å². The van der Waals surface area contributed by atoms with Crippen molar-refractivity contribution < 1.29 is 14.4 Å². The molecule has 3 aromatic carbocycles. The van der Waals surface area contributed by atoms with E-state index in [4.69, 9.17) is 0 Å². The Hall–Kier alpha value is -3.25. The Balaban J connectivity index is 1.71. The Morgan fingerprint density at radius 2 is 1.42 bits per heavy atom. The van der Waals surface area contributed by atoms with Crippen LogP contribution in [0.5, 0.6) is 0 Å². The predicted octanol–water partition coefficient (Wildman–Crippen LogP) is 4.97. The quantitative estimate of drug-likeness (QED) is 0.490. The molecular formula is C25H23BrN2O3. The van der Waals surface area contributed by atoms with Gasteiger partial charge in [-0.05, 0) is 62.2 Å². The van der Waals surface area contributed by atoms with Crippen LogP contribution in [0.15, 0.2) is 65.1 Å². The van der Waals surface area contributed by atoms with E-state index in [-0.39, 0.29) is 29.4 Å². The highest BCUT2D eigenvalue weighted by Crippen LogP contribution is 2.22. The summed E-state index contributed by atoms with van der Waals surface area (Å²) in [4.78, 5) is 38.0. The van der Waals surface area contributed by atoms with Gasteiger partial charge in [0.05, 0.1) is 12.1 Å². The highest BCUT2D eigenvalue weighted by atomic mass is 79.9. The molecule has 158 valence electrons. The maximum absolute atomic E-state index is 12.9. The summed E-state index contributed by atoms with van der Waals surface area (Å²) in [6, 6.07) is 17.5. The number of aryl methyl sites for hydroxylation is 3. The lowest BCUT2D eigenvalue weighted by Crippen LogP contribution is -2.34. The first-order chi connectivity index (χ1) is 14.8. The summed E-state index contributed by atoms with van der Waals surface area (Å²) >= 11 is 3.35. The largest absolute Gasteiger partial charge is 0.343 e. The molecule has 2 N–H and O–H groups in total. The molecule has 0 aliphatic heterocycles. The number of rotatable bonds is 6. The number of carbonyl (C=O) groups is 3. The summed E-state index contributed by atoms with van der Waals surface area (Å²) in [6.45, 7) is 5.65. The molecule has 6 heteroatoms. The van der Waals surface area contributed by atoms with Crippen molar-refractivity contribution in [3.8, 4) is 0 Å². The van der Waals surface area contributed by atoms with Crippen molar-refractivity contribution in [2.75, 3.05) is 11.9 Å². The minimum absolute atomic E-state index is 0.202. The normalized spacial score (nSPS) is 10.5. The van der Waals surface area contributed by atoms with Gasteiger partial charge in [-0.1, -0.05) is 51.8 Å². The van der Waals surface area contributed by atoms with Crippen LogP contribution in [0, 0.1) is 20.8 Å². The molecule has 0 fully saturated rings. The molecule has 2 amide bonds. The van der Waals surface area contributed by atoms with Crippen LogP contribution in [0.1, 0.15) is 43.0 Å². The molecule has 31 heavy (non-hydrogen) atoms. The fraction of sp³-hybridized carbons (Fsp3) is 0.160. The zero-order chi connectivity index (χ0) is 22.5. The summed E-state index contributed by atoms with van der Waals surface area (Å²) < 4.78 is 0.861. The summed E-state index contributed by atoms with van der Waals surface area (Å²) in [5.74, 6) is -1.07. The second kappa shape index (κ2) is 9.71. The SMILES string of the molecule is Cc1cc(C)c(NC(=O)CNC(=O)c2ccccc2C(=O)c2ccc(Br)cc2)c(C)c1. The number of hydrogen-bond acceptors (Lipinski definition) is 3. The fourth-order valence-electron chi connectivity index (χ4n) is 3.45. The Bertz CT molecular complexity index is 1130. The summed E-state index contributed by atoms with van der Waals surface area (Å²) in [6.07, 6.45) is 0. The molecule has 3 rings (SSSR count). The van der Waals surface area contributed by atoms with Crippen molar-refractivity contribution in [2.24, 2.45) is 0 Å². The average molecular weight is 479 g/mol.